The lowest BCUT2D eigenvalue weighted by Gasteiger charge is -2.19. The predicted molar refractivity (Wildman–Crippen MR) is 72.6 cm³/mol. The van der Waals surface area contributed by atoms with Gasteiger partial charge in [-0.1, -0.05) is 0 Å². The third-order valence-electron chi connectivity index (χ3n) is 3.22. The maximum atomic E-state index is 5.99. The Balaban J connectivity index is 2.08. The first-order valence-electron chi connectivity index (χ1n) is 5.76. The van der Waals surface area contributed by atoms with Crippen LogP contribution in [0.3, 0.4) is 0 Å². The zero-order valence-electron chi connectivity index (χ0n) is 10.4. The quantitative estimate of drug-likeness (QED) is 0.778. The summed E-state index contributed by atoms with van der Waals surface area (Å²) in [5, 5.41) is 4.55. The molecule has 16 heavy (non-hydrogen) atoms. The van der Waals surface area contributed by atoms with E-state index < -0.39 is 0 Å². The number of ether oxygens (including phenoxy) is 1. The van der Waals surface area contributed by atoms with Crippen LogP contribution in [0, 0.1) is 17.4 Å². The zero-order valence-corrected chi connectivity index (χ0v) is 12.5. The molecule has 90 valence electrons. The maximum absolute atomic E-state index is 5.99. The molecule has 2 heterocycles. The number of nitrogens with zero attached hydrogens (tertiary/aromatic N) is 2. The lowest BCUT2D eigenvalue weighted by atomic mass is 10.1. The van der Waals surface area contributed by atoms with Gasteiger partial charge >= 0.3 is 0 Å². The molecule has 2 rings (SSSR count). The largest absolute Gasteiger partial charge is 0.370 e. The Morgan fingerprint density at radius 3 is 2.62 bits per heavy atom. The summed E-state index contributed by atoms with van der Waals surface area (Å²) in [5.74, 6) is 0. The van der Waals surface area contributed by atoms with Crippen molar-refractivity contribution in [3.63, 3.8) is 0 Å². The standard InChI is InChI=1S/C12H19IN2O/c1-8-11(13)9(2)15(14-8)7-10-5-6-12(3,4)16-10/h10H,5-7H2,1-4H3. The summed E-state index contributed by atoms with van der Waals surface area (Å²) in [6.07, 6.45) is 2.61. The molecule has 1 aromatic rings. The maximum Gasteiger partial charge on any atom is 0.0779 e. The van der Waals surface area contributed by atoms with Crippen molar-refractivity contribution in [3.05, 3.63) is 15.0 Å². The van der Waals surface area contributed by atoms with E-state index in [1.54, 1.807) is 0 Å². The van der Waals surface area contributed by atoms with Crippen molar-refractivity contribution in [2.75, 3.05) is 0 Å². The van der Waals surface area contributed by atoms with Gasteiger partial charge in [-0.05, 0) is 63.1 Å². The van der Waals surface area contributed by atoms with Crippen LogP contribution in [0.15, 0.2) is 0 Å². The van der Waals surface area contributed by atoms with E-state index in [9.17, 15) is 0 Å². The highest BCUT2D eigenvalue weighted by molar-refractivity contribution is 14.1. The molecule has 1 saturated heterocycles. The van der Waals surface area contributed by atoms with Gasteiger partial charge in [0, 0.05) is 5.69 Å². The van der Waals surface area contributed by atoms with Crippen LogP contribution >= 0.6 is 22.6 Å². The fourth-order valence-corrected chi connectivity index (χ4v) is 2.64. The van der Waals surface area contributed by atoms with Gasteiger partial charge in [0.25, 0.3) is 0 Å². The molecule has 0 aliphatic carbocycles. The molecule has 1 aromatic heterocycles. The molecule has 0 aromatic carbocycles. The van der Waals surface area contributed by atoms with Gasteiger partial charge < -0.3 is 4.74 Å². The second-order valence-corrected chi connectivity index (χ2v) is 6.28. The smallest absolute Gasteiger partial charge is 0.0779 e. The highest BCUT2D eigenvalue weighted by atomic mass is 127. The molecule has 1 aliphatic heterocycles. The molecule has 1 atom stereocenters. The van der Waals surface area contributed by atoms with E-state index in [0.717, 1.165) is 25.1 Å². The van der Waals surface area contributed by atoms with Gasteiger partial charge in [0.15, 0.2) is 0 Å². The van der Waals surface area contributed by atoms with Crippen molar-refractivity contribution in [1.29, 1.82) is 0 Å². The van der Waals surface area contributed by atoms with Gasteiger partial charge in [-0.3, -0.25) is 4.68 Å². The Bertz CT molecular complexity index is 398. The Labute approximate surface area is 111 Å². The van der Waals surface area contributed by atoms with Crippen molar-refractivity contribution >= 4 is 22.6 Å². The fraction of sp³-hybridized carbons (Fsp3) is 0.750. The van der Waals surface area contributed by atoms with Gasteiger partial charge in [-0.2, -0.15) is 5.10 Å². The molecule has 1 fully saturated rings. The number of hydrogen-bond acceptors (Lipinski definition) is 2. The minimum atomic E-state index is 0.0495. The number of hydrogen-bond donors (Lipinski definition) is 0. The first kappa shape index (κ1) is 12.4. The molecule has 0 spiro atoms. The van der Waals surface area contributed by atoms with E-state index in [-0.39, 0.29) is 5.60 Å². The third kappa shape index (κ3) is 2.42. The molecular weight excluding hydrogens is 315 g/mol. The highest BCUT2D eigenvalue weighted by Crippen LogP contribution is 2.30. The van der Waals surface area contributed by atoms with Gasteiger partial charge in [-0.25, -0.2) is 0 Å². The van der Waals surface area contributed by atoms with E-state index >= 15 is 0 Å². The highest BCUT2D eigenvalue weighted by Gasteiger charge is 2.32. The van der Waals surface area contributed by atoms with Crippen LogP contribution in [0.2, 0.25) is 0 Å². The molecule has 0 saturated carbocycles. The molecule has 0 radical (unpaired) electrons. The second-order valence-electron chi connectivity index (χ2n) is 5.21. The van der Waals surface area contributed by atoms with Crippen LogP contribution in [-0.2, 0) is 11.3 Å². The Kier molecular flexibility index (Phi) is 3.32. The summed E-state index contributed by atoms with van der Waals surface area (Å²) in [5.41, 5.74) is 2.43. The number of aromatic nitrogens is 2. The topological polar surface area (TPSA) is 27.1 Å². The van der Waals surface area contributed by atoms with Crippen LogP contribution in [0.5, 0.6) is 0 Å². The molecule has 3 nitrogen and oxygen atoms in total. The first-order valence-corrected chi connectivity index (χ1v) is 6.84. The van der Waals surface area contributed by atoms with E-state index in [4.69, 9.17) is 4.74 Å². The van der Waals surface area contributed by atoms with Gasteiger partial charge in [0.1, 0.15) is 0 Å². The van der Waals surface area contributed by atoms with E-state index in [0.29, 0.717) is 6.10 Å². The normalized spacial score (nSPS) is 23.9. The van der Waals surface area contributed by atoms with Gasteiger partial charge in [0.05, 0.1) is 27.5 Å². The summed E-state index contributed by atoms with van der Waals surface area (Å²) in [4.78, 5) is 0. The van der Waals surface area contributed by atoms with Crippen molar-refractivity contribution in [2.45, 2.75) is 58.8 Å². The summed E-state index contributed by atoms with van der Waals surface area (Å²) < 4.78 is 9.35. The zero-order chi connectivity index (χ0) is 11.9. The number of rotatable bonds is 2. The predicted octanol–water partition coefficient (Wildman–Crippen LogP) is 3.06. The minimum Gasteiger partial charge on any atom is -0.370 e. The lowest BCUT2D eigenvalue weighted by Crippen LogP contribution is -2.23. The average Bonchev–Trinajstić information content (AvgIpc) is 2.64. The van der Waals surface area contributed by atoms with Crippen LogP contribution in [-0.4, -0.2) is 21.5 Å². The number of aryl methyl sites for hydroxylation is 1. The Morgan fingerprint density at radius 2 is 2.19 bits per heavy atom. The minimum absolute atomic E-state index is 0.0495. The van der Waals surface area contributed by atoms with Crippen LogP contribution in [0.1, 0.15) is 38.1 Å². The van der Waals surface area contributed by atoms with Gasteiger partial charge in [-0.15, -0.1) is 0 Å². The fourth-order valence-electron chi connectivity index (χ4n) is 2.25. The van der Waals surface area contributed by atoms with E-state index in [2.05, 4.69) is 60.1 Å². The average molecular weight is 334 g/mol. The summed E-state index contributed by atoms with van der Waals surface area (Å²) in [6, 6.07) is 0. The molecule has 1 unspecified atom stereocenters. The molecule has 4 heteroatoms. The molecular formula is C12H19IN2O. The molecule has 1 aliphatic rings. The van der Waals surface area contributed by atoms with Crippen molar-refractivity contribution in [1.82, 2.24) is 9.78 Å². The molecule has 0 N–H and O–H groups in total. The summed E-state index contributed by atoms with van der Waals surface area (Å²) in [6.45, 7) is 9.40. The van der Waals surface area contributed by atoms with Crippen LogP contribution in [0.25, 0.3) is 0 Å². The van der Waals surface area contributed by atoms with E-state index in [1.807, 2.05) is 0 Å². The SMILES string of the molecule is Cc1nn(CC2CCC(C)(C)O2)c(C)c1I. The van der Waals surface area contributed by atoms with Crippen molar-refractivity contribution in [3.8, 4) is 0 Å². The Morgan fingerprint density at radius 1 is 1.50 bits per heavy atom. The monoisotopic (exact) mass is 334 g/mol. The van der Waals surface area contributed by atoms with Crippen LogP contribution < -0.4 is 0 Å². The first-order chi connectivity index (χ1) is 7.39. The van der Waals surface area contributed by atoms with Gasteiger partial charge in [0.2, 0.25) is 0 Å². The Hall–Kier alpha value is -0.100. The van der Waals surface area contributed by atoms with E-state index in [1.165, 1.54) is 9.26 Å². The lowest BCUT2D eigenvalue weighted by molar-refractivity contribution is -0.0232. The number of halogens is 1. The second kappa shape index (κ2) is 4.29. The van der Waals surface area contributed by atoms with Crippen molar-refractivity contribution < 1.29 is 4.74 Å². The molecule has 0 amide bonds. The molecule has 0 bridgehead atoms. The van der Waals surface area contributed by atoms with Crippen LogP contribution in [0.4, 0.5) is 0 Å². The summed E-state index contributed by atoms with van der Waals surface area (Å²) in [7, 11) is 0. The summed E-state index contributed by atoms with van der Waals surface area (Å²) >= 11 is 2.36. The third-order valence-corrected chi connectivity index (χ3v) is 4.79. The van der Waals surface area contributed by atoms with Crippen molar-refractivity contribution in [2.24, 2.45) is 0 Å².